The number of carbonyl (C=O) groups excluding carboxylic acids is 1. The maximum absolute atomic E-state index is 12.2. The lowest BCUT2D eigenvalue weighted by Gasteiger charge is -2.26. The summed E-state index contributed by atoms with van der Waals surface area (Å²) in [6.45, 7) is 3.22. The number of fused-ring (bicyclic) bond motifs is 1. The van der Waals surface area contributed by atoms with Gasteiger partial charge < -0.3 is 20.1 Å². The Labute approximate surface area is 123 Å². The average molecular weight is 292 g/mol. The molecule has 6 nitrogen and oxygen atoms in total. The number of nitrogens with zero attached hydrogens (tertiary/aromatic N) is 1. The number of hydrogen-bond donors (Lipinski definition) is 2. The van der Waals surface area contributed by atoms with E-state index in [0.717, 1.165) is 11.3 Å². The zero-order valence-corrected chi connectivity index (χ0v) is 12.0. The predicted molar refractivity (Wildman–Crippen MR) is 77.2 cm³/mol. The van der Waals surface area contributed by atoms with Gasteiger partial charge in [-0.25, -0.2) is 4.79 Å². The van der Waals surface area contributed by atoms with Crippen molar-refractivity contribution in [1.82, 2.24) is 10.2 Å². The molecular weight excluding hydrogens is 272 g/mol. The second kappa shape index (κ2) is 6.97. The minimum absolute atomic E-state index is 0.0446. The van der Waals surface area contributed by atoms with E-state index < -0.39 is 5.97 Å². The minimum atomic E-state index is -0.852. The first-order valence-electron chi connectivity index (χ1n) is 7.05. The quantitative estimate of drug-likeness (QED) is 0.830. The summed E-state index contributed by atoms with van der Waals surface area (Å²) in [5, 5.41) is 11.3. The van der Waals surface area contributed by atoms with Crippen molar-refractivity contribution in [3.63, 3.8) is 0 Å². The van der Waals surface area contributed by atoms with Gasteiger partial charge in [0.1, 0.15) is 12.4 Å². The summed E-state index contributed by atoms with van der Waals surface area (Å²) in [5.74, 6) is -0.0414. The maximum Gasteiger partial charge on any atom is 0.318 e. The molecule has 6 heteroatoms. The average Bonchev–Trinajstić information content (AvgIpc) is 2.63. The summed E-state index contributed by atoms with van der Waals surface area (Å²) in [6, 6.07) is 7.44. The van der Waals surface area contributed by atoms with Crippen LogP contribution in [0.15, 0.2) is 24.3 Å². The second-order valence-electron chi connectivity index (χ2n) is 5.12. The zero-order chi connectivity index (χ0) is 15.2. The number of amides is 2. The van der Waals surface area contributed by atoms with Crippen molar-refractivity contribution >= 4 is 12.0 Å². The zero-order valence-electron chi connectivity index (χ0n) is 12.0. The third kappa shape index (κ3) is 4.11. The maximum atomic E-state index is 12.2. The molecular formula is C15H20N2O4. The third-order valence-electron chi connectivity index (χ3n) is 3.43. The fraction of sp³-hybridized carbons (Fsp3) is 0.467. The predicted octanol–water partition coefficient (Wildman–Crippen LogP) is 1.84. The Morgan fingerprint density at radius 1 is 1.43 bits per heavy atom. The van der Waals surface area contributed by atoms with Gasteiger partial charge in [-0.15, -0.1) is 0 Å². The van der Waals surface area contributed by atoms with E-state index in [4.69, 9.17) is 9.84 Å². The molecule has 0 aliphatic carbocycles. The van der Waals surface area contributed by atoms with Crippen molar-refractivity contribution in [3.05, 3.63) is 29.8 Å². The first kappa shape index (κ1) is 15.2. The molecule has 1 aromatic carbocycles. The smallest absolute Gasteiger partial charge is 0.318 e. The number of benzene rings is 1. The van der Waals surface area contributed by atoms with Gasteiger partial charge in [0, 0.05) is 18.5 Å². The van der Waals surface area contributed by atoms with E-state index in [9.17, 15) is 9.59 Å². The van der Waals surface area contributed by atoms with Gasteiger partial charge in [0.25, 0.3) is 0 Å². The second-order valence-corrected chi connectivity index (χ2v) is 5.12. The molecule has 1 heterocycles. The molecule has 2 N–H and O–H groups in total. The van der Waals surface area contributed by atoms with Gasteiger partial charge in [-0.3, -0.25) is 4.79 Å². The lowest BCUT2D eigenvalue weighted by Crippen LogP contribution is -2.46. The largest absolute Gasteiger partial charge is 0.491 e. The fourth-order valence-corrected chi connectivity index (χ4v) is 2.22. The van der Waals surface area contributed by atoms with Gasteiger partial charge in [0.2, 0.25) is 0 Å². The Kier molecular flexibility index (Phi) is 5.03. The van der Waals surface area contributed by atoms with Crippen LogP contribution in [-0.2, 0) is 11.3 Å². The van der Waals surface area contributed by atoms with Crippen LogP contribution in [0.4, 0.5) is 4.79 Å². The van der Waals surface area contributed by atoms with Crippen LogP contribution in [0, 0.1) is 0 Å². The summed E-state index contributed by atoms with van der Waals surface area (Å²) >= 11 is 0. The van der Waals surface area contributed by atoms with Gasteiger partial charge in [-0.05, 0) is 19.4 Å². The number of ether oxygens (including phenoxy) is 1. The molecule has 0 radical (unpaired) electrons. The Morgan fingerprint density at radius 3 is 2.95 bits per heavy atom. The molecule has 0 bridgehead atoms. The standard InChI is InChI=1S/C15H20N2O4/c1-11-10-21-13-6-3-2-5-12(13)9-17(11)15(20)16-8-4-7-14(18)19/h2-3,5-6,11H,4,7-10H2,1H3,(H,16,20)(H,18,19). The highest BCUT2D eigenvalue weighted by molar-refractivity contribution is 5.75. The summed E-state index contributed by atoms with van der Waals surface area (Å²) in [4.78, 5) is 24.4. The van der Waals surface area contributed by atoms with Crippen LogP contribution < -0.4 is 10.1 Å². The molecule has 0 aromatic heterocycles. The van der Waals surface area contributed by atoms with E-state index in [0.29, 0.717) is 26.1 Å². The Balaban J connectivity index is 1.94. The number of rotatable bonds is 4. The van der Waals surface area contributed by atoms with Crippen LogP contribution >= 0.6 is 0 Å². The van der Waals surface area contributed by atoms with Gasteiger partial charge in [-0.1, -0.05) is 18.2 Å². The Hall–Kier alpha value is -2.24. The summed E-state index contributed by atoms with van der Waals surface area (Å²) in [5.41, 5.74) is 0.975. The number of carboxylic acids is 1. The van der Waals surface area contributed by atoms with Crippen molar-refractivity contribution in [2.75, 3.05) is 13.2 Å². The molecule has 1 aliphatic heterocycles. The lowest BCUT2D eigenvalue weighted by molar-refractivity contribution is -0.137. The van der Waals surface area contributed by atoms with Crippen LogP contribution in [-0.4, -0.2) is 41.2 Å². The number of carbonyl (C=O) groups is 2. The van der Waals surface area contributed by atoms with E-state index in [-0.39, 0.29) is 18.5 Å². The SMILES string of the molecule is CC1COc2ccccc2CN1C(=O)NCCCC(=O)O. The molecule has 1 aliphatic rings. The first-order valence-corrected chi connectivity index (χ1v) is 7.05. The van der Waals surface area contributed by atoms with Crippen molar-refractivity contribution in [2.24, 2.45) is 0 Å². The molecule has 2 amide bonds. The van der Waals surface area contributed by atoms with Crippen LogP contribution in [0.25, 0.3) is 0 Å². The summed E-state index contributed by atoms with van der Waals surface area (Å²) in [7, 11) is 0. The third-order valence-corrected chi connectivity index (χ3v) is 3.43. The first-order chi connectivity index (χ1) is 10.1. The van der Waals surface area contributed by atoms with E-state index in [2.05, 4.69) is 5.32 Å². The van der Waals surface area contributed by atoms with E-state index in [1.807, 2.05) is 31.2 Å². The van der Waals surface area contributed by atoms with Gasteiger partial charge >= 0.3 is 12.0 Å². The van der Waals surface area contributed by atoms with Crippen LogP contribution in [0.3, 0.4) is 0 Å². The molecule has 0 saturated heterocycles. The fourth-order valence-electron chi connectivity index (χ4n) is 2.22. The minimum Gasteiger partial charge on any atom is -0.491 e. The molecule has 0 spiro atoms. The number of urea groups is 1. The van der Waals surface area contributed by atoms with Gasteiger partial charge in [-0.2, -0.15) is 0 Å². The number of para-hydroxylation sites is 1. The van der Waals surface area contributed by atoms with Crippen LogP contribution in [0.2, 0.25) is 0 Å². The summed E-state index contributed by atoms with van der Waals surface area (Å²) < 4.78 is 5.70. The number of aliphatic carboxylic acids is 1. The molecule has 1 atom stereocenters. The van der Waals surface area contributed by atoms with E-state index in [1.54, 1.807) is 4.90 Å². The number of nitrogens with one attached hydrogen (secondary N) is 1. The van der Waals surface area contributed by atoms with Crippen molar-refractivity contribution < 1.29 is 19.4 Å². The topological polar surface area (TPSA) is 78.9 Å². The van der Waals surface area contributed by atoms with Crippen LogP contribution in [0.5, 0.6) is 5.75 Å². The molecule has 1 unspecified atom stereocenters. The highest BCUT2D eigenvalue weighted by atomic mass is 16.5. The monoisotopic (exact) mass is 292 g/mol. The van der Waals surface area contributed by atoms with Crippen molar-refractivity contribution in [2.45, 2.75) is 32.4 Å². The molecule has 0 fully saturated rings. The normalized spacial score (nSPS) is 17.4. The van der Waals surface area contributed by atoms with Crippen LogP contribution in [0.1, 0.15) is 25.3 Å². The number of hydrogen-bond acceptors (Lipinski definition) is 3. The molecule has 1 aromatic rings. The van der Waals surface area contributed by atoms with Crippen molar-refractivity contribution in [3.8, 4) is 5.75 Å². The van der Waals surface area contributed by atoms with Gasteiger partial charge in [0.15, 0.2) is 0 Å². The highest BCUT2D eigenvalue weighted by Gasteiger charge is 2.25. The van der Waals surface area contributed by atoms with Gasteiger partial charge in [0.05, 0.1) is 12.6 Å². The molecule has 2 rings (SSSR count). The molecule has 21 heavy (non-hydrogen) atoms. The Bertz CT molecular complexity index is 518. The van der Waals surface area contributed by atoms with Crippen molar-refractivity contribution in [1.29, 1.82) is 0 Å². The summed E-state index contributed by atoms with van der Waals surface area (Å²) in [6.07, 6.45) is 0.484. The molecule has 114 valence electrons. The van der Waals surface area contributed by atoms with E-state index >= 15 is 0 Å². The molecule has 0 saturated carbocycles. The lowest BCUT2D eigenvalue weighted by atomic mass is 10.2. The Morgan fingerprint density at radius 2 is 2.19 bits per heavy atom. The number of carboxylic acid groups (broad SMARTS) is 1. The van der Waals surface area contributed by atoms with E-state index in [1.165, 1.54) is 0 Å². The highest BCUT2D eigenvalue weighted by Crippen LogP contribution is 2.24.